The average Bonchev–Trinajstić information content (AvgIpc) is 3.28. The standard InChI is InChI=1S/C31H31NO5/c1-21-14-19-28(31(2,3)37-25-17-15-24(16-18-25)32(35)36)26(21)20-27(29(33)22-10-6-4-7-11-22)30(34)23-12-8-5-9-13-23/h4-13,15-18,27-28H,14,19-20H2,1-3H3/t28-/m0/s1. The predicted octanol–water partition coefficient (Wildman–Crippen LogP) is 7.25. The number of non-ortho nitro benzene ring substituents is 1. The third-order valence-electron chi connectivity index (χ3n) is 7.22. The average molecular weight is 498 g/mol. The highest BCUT2D eigenvalue weighted by Gasteiger charge is 2.41. The quantitative estimate of drug-likeness (QED) is 0.0968. The van der Waals surface area contributed by atoms with E-state index in [0.717, 1.165) is 18.4 Å². The highest BCUT2D eigenvalue weighted by atomic mass is 16.6. The molecule has 0 radical (unpaired) electrons. The first-order chi connectivity index (χ1) is 17.7. The smallest absolute Gasteiger partial charge is 0.269 e. The molecular formula is C31H31NO5. The normalized spacial score (nSPS) is 15.6. The van der Waals surface area contributed by atoms with E-state index in [1.165, 1.54) is 17.7 Å². The third-order valence-corrected chi connectivity index (χ3v) is 7.22. The van der Waals surface area contributed by atoms with Gasteiger partial charge in [0, 0.05) is 29.2 Å². The van der Waals surface area contributed by atoms with Gasteiger partial charge in [0.25, 0.3) is 5.69 Å². The van der Waals surface area contributed by atoms with Gasteiger partial charge in [0.2, 0.25) is 0 Å². The summed E-state index contributed by atoms with van der Waals surface area (Å²) in [4.78, 5) is 37.9. The lowest BCUT2D eigenvalue weighted by Crippen LogP contribution is -2.38. The van der Waals surface area contributed by atoms with Crippen LogP contribution in [0.3, 0.4) is 0 Å². The molecule has 0 saturated carbocycles. The molecule has 190 valence electrons. The van der Waals surface area contributed by atoms with Crippen LogP contribution in [-0.2, 0) is 0 Å². The molecule has 0 aromatic heterocycles. The van der Waals surface area contributed by atoms with Crippen LogP contribution in [0.5, 0.6) is 5.75 Å². The molecule has 0 unspecified atom stereocenters. The van der Waals surface area contributed by atoms with E-state index < -0.39 is 16.4 Å². The first kappa shape index (κ1) is 26.0. The van der Waals surface area contributed by atoms with Crippen molar-refractivity contribution in [1.29, 1.82) is 0 Å². The molecule has 1 atom stereocenters. The maximum absolute atomic E-state index is 13.7. The van der Waals surface area contributed by atoms with Crippen LogP contribution < -0.4 is 4.74 Å². The van der Waals surface area contributed by atoms with Gasteiger partial charge in [-0.2, -0.15) is 0 Å². The molecule has 4 rings (SSSR count). The number of nitro groups is 1. The minimum Gasteiger partial charge on any atom is -0.487 e. The first-order valence-electron chi connectivity index (χ1n) is 12.5. The molecule has 37 heavy (non-hydrogen) atoms. The van der Waals surface area contributed by atoms with Gasteiger partial charge in [-0.3, -0.25) is 19.7 Å². The monoisotopic (exact) mass is 497 g/mol. The van der Waals surface area contributed by atoms with Gasteiger partial charge in [0.05, 0.1) is 10.8 Å². The Morgan fingerprint density at radius 2 is 1.43 bits per heavy atom. The molecule has 6 nitrogen and oxygen atoms in total. The second-order valence-electron chi connectivity index (χ2n) is 10.1. The fourth-order valence-electron chi connectivity index (χ4n) is 5.22. The molecule has 3 aromatic carbocycles. The van der Waals surface area contributed by atoms with Crippen molar-refractivity contribution in [3.8, 4) is 5.75 Å². The topological polar surface area (TPSA) is 86.5 Å². The number of carbonyl (C=O) groups is 2. The lowest BCUT2D eigenvalue weighted by Gasteiger charge is -2.35. The van der Waals surface area contributed by atoms with Crippen molar-refractivity contribution in [2.45, 2.75) is 45.6 Å². The Kier molecular flexibility index (Phi) is 7.67. The maximum Gasteiger partial charge on any atom is 0.269 e. The molecule has 1 aliphatic rings. The summed E-state index contributed by atoms with van der Waals surface area (Å²) in [6, 6.07) is 24.0. The predicted molar refractivity (Wildman–Crippen MR) is 143 cm³/mol. The summed E-state index contributed by atoms with van der Waals surface area (Å²) in [5.74, 6) is -0.691. The molecule has 1 aliphatic carbocycles. The number of ketones is 2. The van der Waals surface area contributed by atoms with Crippen molar-refractivity contribution in [3.05, 3.63) is 117 Å². The van der Waals surface area contributed by atoms with E-state index in [0.29, 0.717) is 23.3 Å². The number of Topliss-reactive ketones (excluding diaryl/α,β-unsaturated/α-hetero) is 2. The van der Waals surface area contributed by atoms with Gasteiger partial charge in [-0.1, -0.05) is 71.8 Å². The molecule has 0 bridgehead atoms. The summed E-state index contributed by atoms with van der Waals surface area (Å²) in [6.07, 6.45) is 2.02. The highest BCUT2D eigenvalue weighted by molar-refractivity contribution is 6.16. The Balaban J connectivity index is 1.63. The summed E-state index contributed by atoms with van der Waals surface area (Å²) in [7, 11) is 0. The van der Waals surface area contributed by atoms with Crippen LogP contribution in [0.1, 0.15) is 60.7 Å². The zero-order valence-electron chi connectivity index (χ0n) is 21.3. The molecule has 0 N–H and O–H groups in total. The molecule has 0 fully saturated rings. The molecule has 0 aliphatic heterocycles. The molecule has 0 spiro atoms. The van der Waals surface area contributed by atoms with Crippen molar-refractivity contribution in [2.75, 3.05) is 0 Å². The van der Waals surface area contributed by atoms with Crippen LogP contribution in [0, 0.1) is 22.0 Å². The van der Waals surface area contributed by atoms with E-state index in [9.17, 15) is 19.7 Å². The number of ether oxygens (including phenoxy) is 1. The van der Waals surface area contributed by atoms with E-state index in [4.69, 9.17) is 4.74 Å². The van der Waals surface area contributed by atoms with Gasteiger partial charge in [0.1, 0.15) is 11.4 Å². The van der Waals surface area contributed by atoms with Crippen molar-refractivity contribution in [1.82, 2.24) is 0 Å². The number of nitro benzene ring substituents is 1. The Hall–Kier alpha value is -4.06. The number of benzene rings is 3. The van der Waals surface area contributed by atoms with Crippen LogP contribution >= 0.6 is 0 Å². The van der Waals surface area contributed by atoms with Gasteiger partial charge in [-0.05, 0) is 52.2 Å². The summed E-state index contributed by atoms with van der Waals surface area (Å²) in [6.45, 7) is 6.05. The van der Waals surface area contributed by atoms with Gasteiger partial charge in [-0.15, -0.1) is 0 Å². The van der Waals surface area contributed by atoms with Crippen LogP contribution in [0.15, 0.2) is 96.1 Å². The van der Waals surface area contributed by atoms with Crippen LogP contribution in [-0.4, -0.2) is 22.1 Å². The summed E-state index contributed by atoms with van der Waals surface area (Å²) >= 11 is 0. The van der Waals surface area contributed by atoms with Gasteiger partial charge >= 0.3 is 0 Å². The number of carbonyl (C=O) groups excluding carboxylic acids is 2. The second-order valence-corrected chi connectivity index (χ2v) is 10.1. The van der Waals surface area contributed by atoms with Crippen molar-refractivity contribution >= 4 is 17.3 Å². The van der Waals surface area contributed by atoms with Gasteiger partial charge in [0.15, 0.2) is 11.6 Å². The van der Waals surface area contributed by atoms with E-state index in [-0.39, 0.29) is 23.2 Å². The number of nitrogens with zero attached hydrogens (tertiary/aromatic N) is 1. The second kappa shape index (κ2) is 10.9. The molecule has 6 heteroatoms. The molecule has 3 aromatic rings. The zero-order valence-corrected chi connectivity index (χ0v) is 21.3. The third kappa shape index (κ3) is 5.85. The van der Waals surface area contributed by atoms with Crippen LogP contribution in [0.2, 0.25) is 0 Å². The summed E-state index contributed by atoms with van der Waals surface area (Å²) in [5, 5.41) is 11.0. The van der Waals surface area contributed by atoms with Crippen molar-refractivity contribution in [3.63, 3.8) is 0 Å². The van der Waals surface area contributed by atoms with Gasteiger partial charge < -0.3 is 4.74 Å². The number of allylic oxidation sites excluding steroid dienone is 1. The molecule has 0 heterocycles. The Morgan fingerprint density at radius 3 is 1.92 bits per heavy atom. The fraction of sp³-hybridized carbons (Fsp3) is 0.290. The number of rotatable bonds is 10. The van der Waals surface area contributed by atoms with E-state index in [1.54, 1.807) is 60.7 Å². The molecule has 0 saturated heterocycles. The lowest BCUT2D eigenvalue weighted by molar-refractivity contribution is -0.384. The van der Waals surface area contributed by atoms with E-state index in [1.807, 2.05) is 26.0 Å². The molecule has 0 amide bonds. The Morgan fingerprint density at radius 1 is 0.919 bits per heavy atom. The SMILES string of the molecule is CC1=C(CC(C(=O)c2ccccc2)C(=O)c2ccccc2)[C@@H](C(C)(C)Oc2ccc([N+](=O)[O-])cc2)CC1. The highest BCUT2D eigenvalue weighted by Crippen LogP contribution is 2.44. The van der Waals surface area contributed by atoms with Crippen molar-refractivity contribution < 1.29 is 19.2 Å². The number of hydrogen-bond acceptors (Lipinski definition) is 5. The summed E-state index contributed by atoms with van der Waals surface area (Å²) < 4.78 is 6.34. The first-order valence-corrected chi connectivity index (χ1v) is 12.5. The maximum atomic E-state index is 13.7. The lowest BCUT2D eigenvalue weighted by atomic mass is 9.77. The Labute approximate surface area is 217 Å². The summed E-state index contributed by atoms with van der Waals surface area (Å²) in [5.41, 5.74) is 2.64. The fourth-order valence-corrected chi connectivity index (χ4v) is 5.22. The minimum absolute atomic E-state index is 0.00384. The van der Waals surface area contributed by atoms with E-state index in [2.05, 4.69) is 6.92 Å². The van der Waals surface area contributed by atoms with E-state index >= 15 is 0 Å². The molecular weight excluding hydrogens is 466 g/mol. The number of hydrogen-bond donors (Lipinski definition) is 0. The van der Waals surface area contributed by atoms with Gasteiger partial charge in [-0.25, -0.2) is 0 Å². The Bertz CT molecular complexity index is 1260. The zero-order chi connectivity index (χ0) is 26.6. The van der Waals surface area contributed by atoms with Crippen molar-refractivity contribution in [2.24, 2.45) is 11.8 Å². The largest absolute Gasteiger partial charge is 0.487 e. The van der Waals surface area contributed by atoms with Crippen LogP contribution in [0.25, 0.3) is 0 Å². The minimum atomic E-state index is -0.842. The van der Waals surface area contributed by atoms with Crippen LogP contribution in [0.4, 0.5) is 5.69 Å².